The molecule has 3 N–H and O–H groups in total. The number of nitrogens with zero attached hydrogens (tertiary/aromatic N) is 1. The zero-order valence-electron chi connectivity index (χ0n) is 9.77. The number of nitro groups is 1. The van der Waals surface area contributed by atoms with Crippen LogP contribution in [0.25, 0.3) is 0 Å². The van der Waals surface area contributed by atoms with Crippen LogP contribution in [0.15, 0.2) is 24.3 Å². The zero-order valence-corrected chi connectivity index (χ0v) is 9.77. The number of rotatable bonds is 4. The van der Waals surface area contributed by atoms with Crippen LogP contribution in [-0.4, -0.2) is 17.4 Å². The number of benzene rings is 1. The Morgan fingerprint density at radius 2 is 2.18 bits per heavy atom. The molecule has 17 heavy (non-hydrogen) atoms. The lowest BCUT2D eigenvalue weighted by molar-refractivity contribution is -0.384. The van der Waals surface area contributed by atoms with E-state index in [0.29, 0.717) is 5.69 Å². The molecule has 0 heterocycles. The lowest BCUT2D eigenvalue weighted by Crippen LogP contribution is -2.37. The first-order valence-corrected chi connectivity index (χ1v) is 5.13. The number of carbonyl (C=O) groups excluding carboxylic acids is 1. The van der Waals surface area contributed by atoms with Gasteiger partial charge in [-0.05, 0) is 19.9 Å². The molecule has 1 aromatic carbocycles. The molecule has 0 saturated heterocycles. The molecule has 0 spiro atoms. The second-order valence-corrected chi connectivity index (χ2v) is 4.35. The lowest BCUT2D eigenvalue weighted by Gasteiger charge is -2.21. The van der Waals surface area contributed by atoms with Gasteiger partial charge in [-0.1, -0.05) is 6.07 Å². The fraction of sp³-hybridized carbons (Fsp3) is 0.364. The predicted molar refractivity (Wildman–Crippen MR) is 64.6 cm³/mol. The molecule has 0 atom stereocenters. The summed E-state index contributed by atoms with van der Waals surface area (Å²) in [6, 6.07) is 5.79. The average Bonchev–Trinajstić information content (AvgIpc) is 2.29. The summed E-state index contributed by atoms with van der Waals surface area (Å²) in [5.74, 6) is -0.263. The Labute approximate surface area is 99.0 Å². The summed E-state index contributed by atoms with van der Waals surface area (Å²) in [4.78, 5) is 21.8. The zero-order chi connectivity index (χ0) is 13.1. The van der Waals surface area contributed by atoms with Gasteiger partial charge in [0.1, 0.15) is 0 Å². The molecule has 0 aliphatic rings. The molecule has 0 aliphatic carbocycles. The van der Waals surface area contributed by atoms with Crippen molar-refractivity contribution in [2.75, 3.05) is 11.9 Å². The number of hydrogen-bond donors (Lipinski definition) is 2. The average molecular weight is 237 g/mol. The molecular formula is C11H15N3O3. The van der Waals surface area contributed by atoms with Crippen molar-refractivity contribution in [2.45, 2.75) is 13.8 Å². The van der Waals surface area contributed by atoms with Gasteiger partial charge < -0.3 is 11.1 Å². The first kappa shape index (κ1) is 13.1. The van der Waals surface area contributed by atoms with Crippen LogP contribution in [0.4, 0.5) is 11.4 Å². The number of non-ortho nitro benzene ring substituents is 1. The Balaban J connectivity index is 2.86. The van der Waals surface area contributed by atoms with Crippen molar-refractivity contribution < 1.29 is 9.72 Å². The molecule has 1 amide bonds. The third kappa shape index (κ3) is 3.25. The van der Waals surface area contributed by atoms with E-state index in [-0.39, 0.29) is 18.1 Å². The smallest absolute Gasteiger partial charge is 0.271 e. The Hall–Kier alpha value is -1.95. The van der Waals surface area contributed by atoms with Gasteiger partial charge >= 0.3 is 0 Å². The van der Waals surface area contributed by atoms with Crippen molar-refractivity contribution in [3.8, 4) is 0 Å². The van der Waals surface area contributed by atoms with E-state index in [4.69, 9.17) is 5.73 Å². The van der Waals surface area contributed by atoms with E-state index in [0.717, 1.165) is 0 Å². The van der Waals surface area contributed by atoms with Crippen LogP contribution in [0, 0.1) is 15.5 Å². The molecule has 92 valence electrons. The van der Waals surface area contributed by atoms with E-state index in [1.165, 1.54) is 18.2 Å². The van der Waals surface area contributed by atoms with Gasteiger partial charge in [0.2, 0.25) is 5.91 Å². The van der Waals surface area contributed by atoms with E-state index in [1.54, 1.807) is 19.9 Å². The standard InChI is InChI=1S/C11H15N3O3/c1-11(2,7-12)10(15)13-8-4-3-5-9(6-8)14(16)17/h3-6H,7,12H2,1-2H3,(H,13,15). The third-order valence-corrected chi connectivity index (χ3v) is 2.44. The highest BCUT2D eigenvalue weighted by Gasteiger charge is 2.25. The van der Waals surface area contributed by atoms with Gasteiger partial charge in [0, 0.05) is 24.4 Å². The number of carbonyl (C=O) groups is 1. The third-order valence-electron chi connectivity index (χ3n) is 2.44. The second kappa shape index (κ2) is 4.92. The summed E-state index contributed by atoms with van der Waals surface area (Å²) in [7, 11) is 0. The fourth-order valence-electron chi connectivity index (χ4n) is 1.09. The summed E-state index contributed by atoms with van der Waals surface area (Å²) >= 11 is 0. The quantitative estimate of drug-likeness (QED) is 0.612. The minimum atomic E-state index is -0.704. The summed E-state index contributed by atoms with van der Waals surface area (Å²) in [5.41, 5.74) is 5.10. The first-order chi connectivity index (χ1) is 7.86. The van der Waals surface area contributed by atoms with Crippen molar-refractivity contribution in [1.82, 2.24) is 0 Å². The van der Waals surface area contributed by atoms with Crippen molar-refractivity contribution in [2.24, 2.45) is 11.1 Å². The van der Waals surface area contributed by atoms with Crippen LogP contribution in [-0.2, 0) is 4.79 Å². The monoisotopic (exact) mass is 237 g/mol. The maximum atomic E-state index is 11.8. The van der Waals surface area contributed by atoms with Crippen LogP contribution in [0.2, 0.25) is 0 Å². The van der Waals surface area contributed by atoms with Crippen LogP contribution < -0.4 is 11.1 Å². The molecule has 6 heteroatoms. The van der Waals surface area contributed by atoms with Crippen molar-refractivity contribution in [1.29, 1.82) is 0 Å². The van der Waals surface area contributed by atoms with Crippen LogP contribution in [0.5, 0.6) is 0 Å². The van der Waals surface area contributed by atoms with E-state index in [9.17, 15) is 14.9 Å². The topological polar surface area (TPSA) is 98.3 Å². The normalized spacial score (nSPS) is 11.0. The summed E-state index contributed by atoms with van der Waals surface area (Å²) in [6.07, 6.45) is 0. The molecule has 0 unspecified atom stereocenters. The van der Waals surface area contributed by atoms with Gasteiger partial charge in [-0.2, -0.15) is 0 Å². The number of nitro benzene ring substituents is 1. The summed E-state index contributed by atoms with van der Waals surface area (Å²) in [5, 5.41) is 13.2. The molecule has 0 aromatic heterocycles. The maximum Gasteiger partial charge on any atom is 0.271 e. The van der Waals surface area contributed by atoms with E-state index < -0.39 is 10.3 Å². The van der Waals surface area contributed by atoms with Gasteiger partial charge in [-0.15, -0.1) is 0 Å². The molecular weight excluding hydrogens is 222 g/mol. The van der Waals surface area contributed by atoms with Gasteiger partial charge in [-0.3, -0.25) is 14.9 Å². The van der Waals surface area contributed by atoms with Crippen LogP contribution in [0.1, 0.15) is 13.8 Å². The molecule has 1 rings (SSSR count). The van der Waals surface area contributed by atoms with Crippen molar-refractivity contribution in [3.63, 3.8) is 0 Å². The summed E-state index contributed by atoms with van der Waals surface area (Å²) in [6.45, 7) is 3.62. The highest BCUT2D eigenvalue weighted by molar-refractivity contribution is 5.95. The van der Waals surface area contributed by atoms with Crippen LogP contribution in [0.3, 0.4) is 0 Å². The minimum Gasteiger partial charge on any atom is -0.329 e. The van der Waals surface area contributed by atoms with E-state index in [1.807, 2.05) is 0 Å². The molecule has 6 nitrogen and oxygen atoms in total. The van der Waals surface area contributed by atoms with E-state index in [2.05, 4.69) is 5.32 Å². The number of anilines is 1. The Morgan fingerprint density at radius 1 is 1.53 bits per heavy atom. The highest BCUT2D eigenvalue weighted by atomic mass is 16.6. The van der Waals surface area contributed by atoms with Crippen molar-refractivity contribution in [3.05, 3.63) is 34.4 Å². The number of nitrogens with two attached hydrogens (primary N) is 1. The lowest BCUT2D eigenvalue weighted by atomic mass is 9.92. The van der Waals surface area contributed by atoms with E-state index >= 15 is 0 Å². The van der Waals surface area contributed by atoms with Gasteiger partial charge in [0.05, 0.1) is 10.3 Å². The Morgan fingerprint density at radius 3 is 2.71 bits per heavy atom. The molecule has 0 radical (unpaired) electrons. The van der Waals surface area contributed by atoms with Gasteiger partial charge in [-0.25, -0.2) is 0 Å². The Bertz CT molecular complexity index is 443. The SMILES string of the molecule is CC(C)(CN)C(=O)Nc1cccc([N+](=O)[O-])c1. The Kier molecular flexibility index (Phi) is 3.80. The molecule has 0 bridgehead atoms. The minimum absolute atomic E-state index is 0.0617. The fourth-order valence-corrected chi connectivity index (χ4v) is 1.09. The maximum absolute atomic E-state index is 11.8. The first-order valence-electron chi connectivity index (χ1n) is 5.13. The van der Waals surface area contributed by atoms with Crippen molar-refractivity contribution >= 4 is 17.3 Å². The number of amides is 1. The molecule has 0 saturated carbocycles. The molecule has 1 aromatic rings. The van der Waals surface area contributed by atoms with Gasteiger partial charge in [0.15, 0.2) is 0 Å². The molecule has 0 aliphatic heterocycles. The van der Waals surface area contributed by atoms with Crippen LogP contribution >= 0.6 is 0 Å². The second-order valence-electron chi connectivity index (χ2n) is 4.35. The predicted octanol–water partition coefficient (Wildman–Crippen LogP) is 1.52. The number of hydrogen-bond acceptors (Lipinski definition) is 4. The number of nitrogens with one attached hydrogen (secondary N) is 1. The van der Waals surface area contributed by atoms with Gasteiger partial charge in [0.25, 0.3) is 5.69 Å². The molecule has 0 fully saturated rings. The highest BCUT2D eigenvalue weighted by Crippen LogP contribution is 2.20. The summed E-state index contributed by atoms with van der Waals surface area (Å²) < 4.78 is 0. The largest absolute Gasteiger partial charge is 0.329 e.